The molecule has 0 atom stereocenters. The lowest BCUT2D eigenvalue weighted by Gasteiger charge is -2.07. The summed E-state index contributed by atoms with van der Waals surface area (Å²) in [4.78, 5) is 5.58. The van der Waals surface area contributed by atoms with E-state index in [1.54, 1.807) is 23.1 Å². The van der Waals surface area contributed by atoms with Crippen LogP contribution in [0.2, 0.25) is 0 Å². The second-order valence-electron chi connectivity index (χ2n) is 5.30. The first-order chi connectivity index (χ1) is 10.9. The van der Waals surface area contributed by atoms with E-state index < -0.39 is 0 Å². The molecular formula is C16H16N4S2. The molecule has 0 amide bonds. The third kappa shape index (κ3) is 2.94. The molecule has 3 heterocycles. The van der Waals surface area contributed by atoms with E-state index in [-0.39, 0.29) is 0 Å². The zero-order chi connectivity index (χ0) is 14.8. The van der Waals surface area contributed by atoms with Crippen molar-refractivity contribution in [2.45, 2.75) is 30.5 Å². The van der Waals surface area contributed by atoms with Gasteiger partial charge in [0.2, 0.25) is 0 Å². The minimum Gasteiger partial charge on any atom is -0.298 e. The molecule has 3 aromatic heterocycles. The van der Waals surface area contributed by atoms with Gasteiger partial charge in [-0.1, -0.05) is 23.9 Å². The van der Waals surface area contributed by atoms with E-state index in [0.717, 1.165) is 28.8 Å². The molecule has 0 unspecified atom stereocenters. The van der Waals surface area contributed by atoms with Crippen molar-refractivity contribution in [1.29, 1.82) is 0 Å². The van der Waals surface area contributed by atoms with Crippen LogP contribution in [0.5, 0.6) is 0 Å². The van der Waals surface area contributed by atoms with Crippen molar-refractivity contribution in [3.63, 3.8) is 0 Å². The lowest BCUT2D eigenvalue weighted by atomic mass is 10.3. The molecule has 0 bridgehead atoms. The molecule has 1 aliphatic rings. The van der Waals surface area contributed by atoms with Gasteiger partial charge in [0.15, 0.2) is 11.0 Å². The molecule has 0 spiro atoms. The number of pyridine rings is 1. The number of aryl methyl sites for hydroxylation is 1. The highest BCUT2D eigenvalue weighted by Crippen LogP contribution is 2.41. The molecule has 0 N–H and O–H groups in total. The zero-order valence-electron chi connectivity index (χ0n) is 12.1. The normalized spacial score (nSPS) is 14.4. The second-order valence-corrected chi connectivity index (χ2v) is 7.31. The summed E-state index contributed by atoms with van der Waals surface area (Å²) in [6.45, 7) is 0. The highest BCUT2D eigenvalue weighted by Gasteiger charge is 2.30. The number of hydrogen-bond acceptors (Lipinski definition) is 5. The lowest BCUT2D eigenvalue weighted by Crippen LogP contribution is -2.00. The predicted octanol–water partition coefficient (Wildman–Crippen LogP) is 4.07. The third-order valence-corrected chi connectivity index (χ3v) is 5.44. The summed E-state index contributed by atoms with van der Waals surface area (Å²) in [6.07, 6.45) is 5.29. The first-order valence-corrected chi connectivity index (χ1v) is 9.30. The quantitative estimate of drug-likeness (QED) is 0.640. The maximum atomic E-state index is 4.43. The number of rotatable bonds is 6. The smallest absolute Gasteiger partial charge is 0.191 e. The van der Waals surface area contributed by atoms with Crippen LogP contribution < -0.4 is 0 Å². The van der Waals surface area contributed by atoms with Gasteiger partial charge in [0, 0.05) is 23.7 Å². The fourth-order valence-corrected chi connectivity index (χ4v) is 4.08. The molecule has 1 fully saturated rings. The van der Waals surface area contributed by atoms with E-state index in [1.165, 1.54) is 17.7 Å². The molecular weight excluding hydrogens is 312 g/mol. The Morgan fingerprint density at radius 1 is 1.18 bits per heavy atom. The third-order valence-electron chi connectivity index (χ3n) is 3.63. The van der Waals surface area contributed by atoms with Crippen molar-refractivity contribution < 1.29 is 0 Å². The average Bonchev–Trinajstić information content (AvgIpc) is 3.09. The molecule has 3 aromatic rings. The molecule has 4 rings (SSSR count). The first-order valence-electron chi connectivity index (χ1n) is 7.43. The summed E-state index contributed by atoms with van der Waals surface area (Å²) in [7, 11) is 0. The summed E-state index contributed by atoms with van der Waals surface area (Å²) in [6, 6.07) is 10.8. The van der Waals surface area contributed by atoms with Crippen LogP contribution in [0.1, 0.15) is 24.6 Å². The zero-order valence-corrected chi connectivity index (χ0v) is 13.7. The fraction of sp³-hybridized carbons (Fsp3) is 0.312. The topological polar surface area (TPSA) is 43.6 Å². The van der Waals surface area contributed by atoms with Crippen LogP contribution in [0.25, 0.3) is 10.7 Å². The van der Waals surface area contributed by atoms with E-state index in [4.69, 9.17) is 0 Å². The second kappa shape index (κ2) is 6.22. The Hall–Kier alpha value is -1.66. The average molecular weight is 328 g/mol. The van der Waals surface area contributed by atoms with Gasteiger partial charge in [0.05, 0.1) is 4.88 Å². The highest BCUT2D eigenvalue weighted by atomic mass is 32.2. The van der Waals surface area contributed by atoms with Gasteiger partial charge in [0.1, 0.15) is 0 Å². The number of hydrogen-bond donors (Lipinski definition) is 0. The summed E-state index contributed by atoms with van der Waals surface area (Å²) >= 11 is 3.51. The lowest BCUT2D eigenvalue weighted by molar-refractivity contribution is 0.670. The molecule has 112 valence electrons. The molecule has 0 aromatic carbocycles. The van der Waals surface area contributed by atoms with E-state index in [2.05, 4.69) is 43.3 Å². The number of aromatic nitrogens is 4. The maximum Gasteiger partial charge on any atom is 0.191 e. The summed E-state index contributed by atoms with van der Waals surface area (Å²) in [5.41, 5.74) is 1.13. The van der Waals surface area contributed by atoms with Crippen molar-refractivity contribution in [2.75, 3.05) is 5.75 Å². The minimum absolute atomic E-state index is 0.587. The summed E-state index contributed by atoms with van der Waals surface area (Å²) < 4.78 is 2.33. The van der Waals surface area contributed by atoms with Gasteiger partial charge in [-0.15, -0.1) is 21.5 Å². The Bertz CT molecular complexity index is 733. The van der Waals surface area contributed by atoms with Crippen LogP contribution in [0, 0.1) is 0 Å². The Balaban J connectivity index is 1.50. The Kier molecular flexibility index (Phi) is 3.95. The van der Waals surface area contributed by atoms with Crippen molar-refractivity contribution in [2.24, 2.45) is 0 Å². The molecule has 1 saturated carbocycles. The van der Waals surface area contributed by atoms with E-state index in [0.29, 0.717) is 6.04 Å². The van der Waals surface area contributed by atoms with Gasteiger partial charge < -0.3 is 0 Å². The summed E-state index contributed by atoms with van der Waals surface area (Å²) in [5, 5.41) is 12.0. The predicted molar refractivity (Wildman–Crippen MR) is 90.3 cm³/mol. The molecule has 22 heavy (non-hydrogen) atoms. The van der Waals surface area contributed by atoms with Crippen LogP contribution in [0.3, 0.4) is 0 Å². The highest BCUT2D eigenvalue weighted by molar-refractivity contribution is 7.99. The summed E-state index contributed by atoms with van der Waals surface area (Å²) in [5.74, 6) is 2.00. The molecule has 6 heteroatoms. The number of thioether (sulfide) groups is 1. The van der Waals surface area contributed by atoms with E-state index in [9.17, 15) is 0 Å². The van der Waals surface area contributed by atoms with Crippen LogP contribution >= 0.6 is 23.1 Å². The van der Waals surface area contributed by atoms with Crippen LogP contribution in [0.4, 0.5) is 0 Å². The van der Waals surface area contributed by atoms with Gasteiger partial charge in [0.25, 0.3) is 0 Å². The molecule has 0 saturated heterocycles. The Morgan fingerprint density at radius 2 is 2.14 bits per heavy atom. The van der Waals surface area contributed by atoms with Crippen LogP contribution in [-0.2, 0) is 6.42 Å². The largest absolute Gasteiger partial charge is 0.298 e. The Labute approximate surface area is 137 Å². The number of thiophene rings is 1. The van der Waals surface area contributed by atoms with E-state index in [1.807, 2.05) is 18.3 Å². The fourth-order valence-electron chi connectivity index (χ4n) is 2.40. The van der Waals surface area contributed by atoms with Gasteiger partial charge in [-0.2, -0.15) is 0 Å². The monoisotopic (exact) mass is 328 g/mol. The van der Waals surface area contributed by atoms with Gasteiger partial charge in [-0.25, -0.2) is 0 Å². The number of nitrogens with zero attached hydrogens (tertiary/aromatic N) is 4. The van der Waals surface area contributed by atoms with Crippen molar-refractivity contribution >= 4 is 23.1 Å². The standard InChI is InChI=1S/C16H16N4S2/c1-2-9-17-12(4-1)8-11-22-16-19-18-15(14-5-3-10-21-14)20(16)13-6-7-13/h1-5,9-10,13H,6-8,11H2. The van der Waals surface area contributed by atoms with Crippen molar-refractivity contribution in [3.05, 3.63) is 47.6 Å². The molecule has 0 aliphatic heterocycles. The van der Waals surface area contributed by atoms with Gasteiger partial charge in [-0.3, -0.25) is 9.55 Å². The van der Waals surface area contributed by atoms with E-state index >= 15 is 0 Å². The van der Waals surface area contributed by atoms with Crippen LogP contribution in [-0.4, -0.2) is 25.5 Å². The molecule has 1 aliphatic carbocycles. The van der Waals surface area contributed by atoms with Crippen molar-refractivity contribution in [3.8, 4) is 10.7 Å². The van der Waals surface area contributed by atoms with Gasteiger partial charge >= 0.3 is 0 Å². The molecule has 0 radical (unpaired) electrons. The maximum absolute atomic E-state index is 4.43. The first kappa shape index (κ1) is 14.0. The van der Waals surface area contributed by atoms with Crippen LogP contribution in [0.15, 0.2) is 47.1 Å². The minimum atomic E-state index is 0.587. The Morgan fingerprint density at radius 3 is 2.86 bits per heavy atom. The molecule has 4 nitrogen and oxygen atoms in total. The van der Waals surface area contributed by atoms with Gasteiger partial charge in [-0.05, 0) is 42.8 Å². The van der Waals surface area contributed by atoms with Crippen molar-refractivity contribution in [1.82, 2.24) is 19.7 Å². The SMILES string of the molecule is c1ccc(CCSc2nnc(-c3cccs3)n2C2CC2)nc1.